The highest BCUT2D eigenvalue weighted by Gasteiger charge is 2.53. The Morgan fingerprint density at radius 2 is 1.90 bits per heavy atom. The number of alkyl halides is 3. The lowest BCUT2D eigenvalue weighted by atomic mass is 9.61. The fourth-order valence-corrected chi connectivity index (χ4v) is 4.96. The molecule has 2 aliphatic heterocycles. The molecule has 158 valence electrons. The third-order valence-electron chi connectivity index (χ3n) is 6.35. The molecule has 2 heterocycles. The summed E-state index contributed by atoms with van der Waals surface area (Å²) in [4.78, 5) is 26.0. The molecule has 1 amide bonds. The highest BCUT2D eigenvalue weighted by Crippen LogP contribution is 2.52. The van der Waals surface area contributed by atoms with Crippen LogP contribution in [0, 0.1) is 18.3 Å². The zero-order valence-corrected chi connectivity index (χ0v) is 16.3. The first-order valence-corrected chi connectivity index (χ1v) is 9.94. The van der Waals surface area contributed by atoms with E-state index in [1.807, 2.05) is 11.0 Å². The van der Waals surface area contributed by atoms with Gasteiger partial charge in [0.25, 0.3) is 0 Å². The number of nitrogens with zero attached hydrogens (tertiary/aromatic N) is 1. The molecular formula is C21H24F3NO4. The molecule has 3 fully saturated rings. The first-order chi connectivity index (χ1) is 13.6. The summed E-state index contributed by atoms with van der Waals surface area (Å²) >= 11 is 0. The van der Waals surface area contributed by atoms with E-state index in [1.54, 1.807) is 6.92 Å². The van der Waals surface area contributed by atoms with Gasteiger partial charge >= 0.3 is 12.3 Å². The van der Waals surface area contributed by atoms with Crippen LogP contribution in [0.5, 0.6) is 5.75 Å². The van der Waals surface area contributed by atoms with Crippen LogP contribution in [0.3, 0.4) is 0 Å². The van der Waals surface area contributed by atoms with Gasteiger partial charge in [-0.15, -0.1) is 13.2 Å². The number of aryl methyl sites for hydroxylation is 1. The Labute approximate surface area is 167 Å². The maximum Gasteiger partial charge on any atom is 0.573 e. The number of hydrogen-bond donors (Lipinski definition) is 0. The van der Waals surface area contributed by atoms with E-state index in [1.165, 1.54) is 12.1 Å². The Kier molecular flexibility index (Phi) is 4.99. The van der Waals surface area contributed by atoms with Crippen LogP contribution >= 0.6 is 0 Å². The van der Waals surface area contributed by atoms with Gasteiger partial charge in [0.1, 0.15) is 5.75 Å². The van der Waals surface area contributed by atoms with Crippen LogP contribution in [0.2, 0.25) is 0 Å². The Hall–Kier alpha value is -2.25. The van der Waals surface area contributed by atoms with Gasteiger partial charge in [0, 0.05) is 24.4 Å². The number of carbonyl (C=O) groups is 2. The van der Waals surface area contributed by atoms with Crippen LogP contribution in [0.15, 0.2) is 18.2 Å². The third-order valence-corrected chi connectivity index (χ3v) is 6.35. The second kappa shape index (κ2) is 7.22. The first kappa shape index (κ1) is 20.0. The van der Waals surface area contributed by atoms with Crippen molar-refractivity contribution in [3.63, 3.8) is 0 Å². The molecule has 0 radical (unpaired) electrons. The molecule has 4 rings (SSSR count). The molecule has 0 bridgehead atoms. The smallest absolute Gasteiger partial charge is 0.465 e. The second-order valence-corrected chi connectivity index (χ2v) is 8.67. The van der Waals surface area contributed by atoms with Gasteiger partial charge in [0.05, 0.1) is 13.0 Å². The topological polar surface area (TPSA) is 55.8 Å². The van der Waals surface area contributed by atoms with E-state index in [0.29, 0.717) is 57.4 Å². The summed E-state index contributed by atoms with van der Waals surface area (Å²) < 4.78 is 46.8. The van der Waals surface area contributed by atoms with Gasteiger partial charge in [-0.2, -0.15) is 0 Å². The van der Waals surface area contributed by atoms with Crippen molar-refractivity contribution in [2.45, 2.75) is 51.3 Å². The van der Waals surface area contributed by atoms with Gasteiger partial charge in [0.15, 0.2) is 0 Å². The molecule has 1 spiro atoms. The van der Waals surface area contributed by atoms with E-state index in [2.05, 4.69) is 4.74 Å². The van der Waals surface area contributed by atoms with E-state index in [4.69, 9.17) is 4.74 Å². The Bertz CT molecular complexity index is 809. The summed E-state index contributed by atoms with van der Waals surface area (Å²) in [5, 5.41) is 0. The van der Waals surface area contributed by atoms with Gasteiger partial charge in [-0.1, -0.05) is 6.07 Å². The molecule has 1 aromatic carbocycles. The lowest BCUT2D eigenvalue weighted by Gasteiger charge is -2.45. The van der Waals surface area contributed by atoms with Crippen molar-refractivity contribution < 1.29 is 32.2 Å². The van der Waals surface area contributed by atoms with Gasteiger partial charge in [-0.3, -0.25) is 9.59 Å². The number of benzene rings is 1. The number of ether oxygens (including phenoxy) is 2. The van der Waals surface area contributed by atoms with E-state index in [0.717, 1.165) is 5.56 Å². The predicted molar refractivity (Wildman–Crippen MR) is 97.2 cm³/mol. The SMILES string of the molecule is Cc1cc(OC(F)(F)F)cc(C2CCN(C(=O)C3CC4(COC(=O)C4)C3)CC2)c1. The number of likely N-dealkylation sites (tertiary alicyclic amines) is 1. The van der Waals surface area contributed by atoms with Crippen molar-refractivity contribution >= 4 is 11.9 Å². The number of hydrogen-bond acceptors (Lipinski definition) is 4. The molecular weight excluding hydrogens is 387 g/mol. The first-order valence-electron chi connectivity index (χ1n) is 9.94. The number of rotatable bonds is 3. The minimum absolute atomic E-state index is 0.0493. The van der Waals surface area contributed by atoms with Crippen LogP contribution < -0.4 is 4.74 Å². The van der Waals surface area contributed by atoms with Crippen molar-refractivity contribution in [1.29, 1.82) is 0 Å². The molecule has 0 N–H and O–H groups in total. The van der Waals surface area contributed by atoms with E-state index < -0.39 is 6.36 Å². The Balaban J connectivity index is 1.33. The van der Waals surface area contributed by atoms with E-state index in [9.17, 15) is 22.8 Å². The monoisotopic (exact) mass is 411 g/mol. The lowest BCUT2D eigenvalue weighted by molar-refractivity contribution is -0.274. The highest BCUT2D eigenvalue weighted by atomic mass is 19.4. The van der Waals surface area contributed by atoms with E-state index in [-0.39, 0.29) is 34.9 Å². The van der Waals surface area contributed by atoms with Crippen LogP contribution in [-0.4, -0.2) is 42.8 Å². The minimum atomic E-state index is -4.71. The summed E-state index contributed by atoms with van der Waals surface area (Å²) in [7, 11) is 0. The maximum atomic E-state index is 12.8. The van der Waals surface area contributed by atoms with E-state index >= 15 is 0 Å². The number of cyclic esters (lactones) is 1. The van der Waals surface area contributed by atoms with Crippen molar-refractivity contribution in [3.8, 4) is 5.75 Å². The van der Waals surface area contributed by atoms with Gasteiger partial charge < -0.3 is 14.4 Å². The quantitative estimate of drug-likeness (QED) is 0.707. The molecule has 3 aliphatic rings. The summed E-state index contributed by atoms with van der Waals surface area (Å²) in [5.41, 5.74) is 1.40. The van der Waals surface area contributed by atoms with Crippen molar-refractivity contribution in [2.75, 3.05) is 19.7 Å². The largest absolute Gasteiger partial charge is 0.573 e. The number of carbonyl (C=O) groups excluding carboxylic acids is 2. The van der Waals surface area contributed by atoms with Crippen LogP contribution in [0.25, 0.3) is 0 Å². The Morgan fingerprint density at radius 1 is 1.21 bits per heavy atom. The van der Waals surface area contributed by atoms with Crippen molar-refractivity contribution in [1.82, 2.24) is 4.90 Å². The molecule has 0 unspecified atom stereocenters. The third kappa shape index (κ3) is 4.36. The lowest BCUT2D eigenvalue weighted by Crippen LogP contribution is -2.49. The molecule has 29 heavy (non-hydrogen) atoms. The van der Waals surface area contributed by atoms with Crippen LogP contribution in [0.4, 0.5) is 13.2 Å². The number of halogens is 3. The summed E-state index contributed by atoms with van der Waals surface area (Å²) in [6.45, 7) is 3.35. The zero-order valence-electron chi connectivity index (χ0n) is 16.3. The summed E-state index contributed by atoms with van der Waals surface area (Å²) in [6.07, 6.45) is -1.48. The van der Waals surface area contributed by atoms with Crippen molar-refractivity contribution in [2.24, 2.45) is 11.3 Å². The standard InChI is InChI=1S/C21H24F3NO4/c1-13-6-15(8-17(7-13)29-21(22,23)24)14-2-4-25(5-3-14)19(27)16-9-20(10-16)11-18(26)28-12-20/h6-8,14,16H,2-5,9-12H2,1H3. The number of esters is 1. The summed E-state index contributed by atoms with van der Waals surface area (Å²) in [6, 6.07) is 4.72. The zero-order chi connectivity index (χ0) is 20.8. The molecule has 1 saturated carbocycles. The highest BCUT2D eigenvalue weighted by molar-refractivity contribution is 5.81. The van der Waals surface area contributed by atoms with Gasteiger partial charge in [0.2, 0.25) is 5.91 Å². The number of amides is 1. The molecule has 2 saturated heterocycles. The molecule has 1 aliphatic carbocycles. The number of piperidine rings is 1. The fourth-order valence-electron chi connectivity index (χ4n) is 4.96. The van der Waals surface area contributed by atoms with Crippen LogP contribution in [-0.2, 0) is 14.3 Å². The summed E-state index contributed by atoms with van der Waals surface area (Å²) in [5.74, 6) is -0.198. The van der Waals surface area contributed by atoms with Crippen molar-refractivity contribution in [3.05, 3.63) is 29.3 Å². The van der Waals surface area contributed by atoms with Gasteiger partial charge in [-0.25, -0.2) is 0 Å². The van der Waals surface area contributed by atoms with Gasteiger partial charge in [-0.05, 0) is 61.8 Å². The molecule has 8 heteroatoms. The molecule has 0 aromatic heterocycles. The maximum absolute atomic E-state index is 12.8. The normalized spacial score (nSPS) is 27.7. The Morgan fingerprint density at radius 3 is 2.48 bits per heavy atom. The molecule has 5 nitrogen and oxygen atoms in total. The predicted octanol–water partition coefficient (Wildman–Crippen LogP) is 3.94. The average Bonchev–Trinajstić information content (AvgIpc) is 3.00. The molecule has 0 atom stereocenters. The fraction of sp³-hybridized carbons (Fsp3) is 0.619. The average molecular weight is 411 g/mol. The molecule has 1 aromatic rings. The second-order valence-electron chi connectivity index (χ2n) is 8.67. The van der Waals surface area contributed by atoms with Crippen LogP contribution in [0.1, 0.15) is 49.1 Å². The minimum Gasteiger partial charge on any atom is -0.465 e.